The van der Waals surface area contributed by atoms with Gasteiger partial charge in [0.2, 0.25) is 0 Å². The molecule has 0 aliphatic rings. The SMILES string of the molecule is Br.COc1ccc(C(C)(C)C)cc1-c1csc(N)n1. The van der Waals surface area contributed by atoms with E-state index in [0.29, 0.717) is 5.13 Å². The summed E-state index contributed by atoms with van der Waals surface area (Å²) >= 11 is 1.44. The van der Waals surface area contributed by atoms with Gasteiger partial charge in [-0.25, -0.2) is 4.98 Å². The fourth-order valence-electron chi connectivity index (χ4n) is 1.79. The first-order chi connectivity index (χ1) is 8.41. The number of hydrogen-bond donors (Lipinski definition) is 1. The molecule has 2 N–H and O–H groups in total. The van der Waals surface area contributed by atoms with Crippen LogP contribution in [-0.2, 0) is 5.41 Å². The predicted octanol–water partition coefficient (Wildman–Crippen LogP) is 4.28. The molecule has 2 aromatic rings. The number of thiazole rings is 1. The Bertz CT molecular complexity index is 561. The Morgan fingerprint density at radius 3 is 2.42 bits per heavy atom. The average Bonchev–Trinajstić information content (AvgIpc) is 2.73. The van der Waals surface area contributed by atoms with Gasteiger partial charge in [-0.3, -0.25) is 0 Å². The number of methoxy groups -OCH3 is 1. The highest BCUT2D eigenvalue weighted by Gasteiger charge is 2.17. The van der Waals surface area contributed by atoms with Crippen molar-refractivity contribution in [3.63, 3.8) is 0 Å². The van der Waals surface area contributed by atoms with E-state index < -0.39 is 0 Å². The number of aromatic nitrogens is 1. The van der Waals surface area contributed by atoms with E-state index in [0.717, 1.165) is 17.0 Å². The van der Waals surface area contributed by atoms with Gasteiger partial charge in [0.05, 0.1) is 12.8 Å². The van der Waals surface area contributed by atoms with Crippen LogP contribution in [0.15, 0.2) is 23.6 Å². The molecule has 0 bridgehead atoms. The van der Waals surface area contributed by atoms with E-state index in [-0.39, 0.29) is 22.4 Å². The van der Waals surface area contributed by atoms with Gasteiger partial charge in [0.15, 0.2) is 5.13 Å². The first kappa shape index (κ1) is 16.0. The molecule has 19 heavy (non-hydrogen) atoms. The van der Waals surface area contributed by atoms with Gasteiger partial charge < -0.3 is 10.5 Å². The number of nitrogens with two attached hydrogens (primary N) is 1. The van der Waals surface area contributed by atoms with Crippen LogP contribution in [0.3, 0.4) is 0 Å². The first-order valence-electron chi connectivity index (χ1n) is 5.81. The van der Waals surface area contributed by atoms with E-state index in [1.54, 1.807) is 7.11 Å². The van der Waals surface area contributed by atoms with Gasteiger partial charge >= 0.3 is 0 Å². The molecular weight excluding hydrogens is 324 g/mol. The lowest BCUT2D eigenvalue weighted by Crippen LogP contribution is -2.11. The second kappa shape index (κ2) is 5.92. The second-order valence-electron chi connectivity index (χ2n) is 5.24. The molecule has 5 heteroatoms. The average molecular weight is 343 g/mol. The molecule has 0 unspecified atom stereocenters. The predicted molar refractivity (Wildman–Crippen MR) is 87.5 cm³/mol. The third kappa shape index (κ3) is 3.48. The van der Waals surface area contributed by atoms with Crippen LogP contribution in [0, 0.1) is 0 Å². The molecule has 0 amide bonds. The number of nitrogen functional groups attached to an aromatic ring is 1. The quantitative estimate of drug-likeness (QED) is 0.886. The minimum atomic E-state index is 0. The first-order valence-corrected chi connectivity index (χ1v) is 6.69. The van der Waals surface area contributed by atoms with Crippen molar-refractivity contribution in [2.24, 2.45) is 0 Å². The van der Waals surface area contributed by atoms with Crippen molar-refractivity contribution in [3.05, 3.63) is 29.1 Å². The molecule has 0 aliphatic carbocycles. The van der Waals surface area contributed by atoms with Crippen molar-refractivity contribution in [1.29, 1.82) is 0 Å². The topological polar surface area (TPSA) is 48.1 Å². The van der Waals surface area contributed by atoms with Crippen LogP contribution in [0.5, 0.6) is 5.75 Å². The van der Waals surface area contributed by atoms with Gasteiger partial charge in [-0.15, -0.1) is 28.3 Å². The second-order valence-corrected chi connectivity index (χ2v) is 6.13. The highest BCUT2D eigenvalue weighted by Crippen LogP contribution is 2.35. The minimum absolute atomic E-state index is 0. The molecule has 0 saturated heterocycles. The fraction of sp³-hybridized carbons (Fsp3) is 0.357. The third-order valence-electron chi connectivity index (χ3n) is 2.86. The summed E-state index contributed by atoms with van der Waals surface area (Å²) in [6.45, 7) is 6.57. The summed E-state index contributed by atoms with van der Waals surface area (Å²) in [7, 11) is 1.67. The summed E-state index contributed by atoms with van der Waals surface area (Å²) in [6.07, 6.45) is 0. The zero-order valence-corrected chi connectivity index (χ0v) is 14.1. The molecule has 3 nitrogen and oxygen atoms in total. The number of anilines is 1. The molecule has 1 aromatic carbocycles. The van der Waals surface area contributed by atoms with Gasteiger partial charge in [0.1, 0.15) is 5.75 Å². The van der Waals surface area contributed by atoms with Crippen LogP contribution in [0.4, 0.5) is 5.13 Å². The lowest BCUT2D eigenvalue weighted by Gasteiger charge is -2.20. The Balaban J connectivity index is 0.00000180. The Kier molecular flexibility index (Phi) is 4.98. The molecular formula is C14H19BrN2OS. The van der Waals surface area contributed by atoms with Crippen molar-refractivity contribution >= 4 is 33.4 Å². The Labute approximate surface area is 128 Å². The van der Waals surface area contributed by atoms with Gasteiger partial charge in [-0.1, -0.05) is 26.8 Å². The van der Waals surface area contributed by atoms with Crippen LogP contribution in [0.25, 0.3) is 11.3 Å². The van der Waals surface area contributed by atoms with Crippen LogP contribution in [0.2, 0.25) is 0 Å². The molecule has 0 radical (unpaired) electrons. The number of hydrogen-bond acceptors (Lipinski definition) is 4. The van der Waals surface area contributed by atoms with E-state index in [9.17, 15) is 0 Å². The van der Waals surface area contributed by atoms with Crippen LogP contribution in [0.1, 0.15) is 26.3 Å². The Morgan fingerprint density at radius 1 is 1.26 bits per heavy atom. The molecule has 0 fully saturated rings. The summed E-state index contributed by atoms with van der Waals surface area (Å²) < 4.78 is 5.40. The number of halogens is 1. The van der Waals surface area contributed by atoms with E-state index in [2.05, 4.69) is 37.9 Å². The normalized spacial score (nSPS) is 10.9. The monoisotopic (exact) mass is 342 g/mol. The molecule has 0 saturated carbocycles. The van der Waals surface area contributed by atoms with Crippen molar-refractivity contribution in [2.75, 3.05) is 12.8 Å². The lowest BCUT2D eigenvalue weighted by atomic mass is 9.86. The number of rotatable bonds is 2. The maximum absolute atomic E-state index is 5.70. The van der Waals surface area contributed by atoms with Crippen molar-refractivity contribution in [1.82, 2.24) is 4.98 Å². The van der Waals surface area contributed by atoms with Crippen LogP contribution >= 0.6 is 28.3 Å². The zero-order valence-electron chi connectivity index (χ0n) is 11.6. The smallest absolute Gasteiger partial charge is 0.180 e. The standard InChI is InChI=1S/C14H18N2OS.BrH/c1-14(2,3)9-5-6-12(17-4)10(7-9)11-8-18-13(15)16-11;/h5-8H,1-4H3,(H2,15,16);1H. The zero-order chi connectivity index (χ0) is 13.3. The summed E-state index contributed by atoms with van der Waals surface area (Å²) in [5.41, 5.74) is 8.93. The van der Waals surface area contributed by atoms with E-state index in [1.165, 1.54) is 16.9 Å². The number of benzene rings is 1. The minimum Gasteiger partial charge on any atom is -0.496 e. The summed E-state index contributed by atoms with van der Waals surface area (Å²) in [5.74, 6) is 0.827. The third-order valence-corrected chi connectivity index (χ3v) is 3.54. The molecule has 104 valence electrons. The molecule has 1 aromatic heterocycles. The van der Waals surface area contributed by atoms with E-state index >= 15 is 0 Å². The maximum atomic E-state index is 5.70. The van der Waals surface area contributed by atoms with Crippen LogP contribution < -0.4 is 10.5 Å². The molecule has 2 rings (SSSR count). The largest absolute Gasteiger partial charge is 0.496 e. The van der Waals surface area contributed by atoms with Crippen molar-refractivity contribution in [2.45, 2.75) is 26.2 Å². The summed E-state index contributed by atoms with van der Waals surface area (Å²) in [4.78, 5) is 4.33. The molecule has 0 spiro atoms. The Hall–Kier alpha value is -1.07. The van der Waals surface area contributed by atoms with Crippen LogP contribution in [-0.4, -0.2) is 12.1 Å². The summed E-state index contributed by atoms with van der Waals surface area (Å²) in [6, 6.07) is 6.22. The maximum Gasteiger partial charge on any atom is 0.180 e. The Morgan fingerprint density at radius 2 is 1.95 bits per heavy atom. The van der Waals surface area contributed by atoms with Gasteiger partial charge in [-0.2, -0.15) is 0 Å². The van der Waals surface area contributed by atoms with Gasteiger partial charge in [-0.05, 0) is 23.1 Å². The number of nitrogens with zero attached hydrogens (tertiary/aromatic N) is 1. The van der Waals surface area contributed by atoms with E-state index in [4.69, 9.17) is 10.5 Å². The van der Waals surface area contributed by atoms with Gasteiger partial charge in [0.25, 0.3) is 0 Å². The molecule has 0 aliphatic heterocycles. The summed E-state index contributed by atoms with van der Waals surface area (Å²) in [5, 5.41) is 2.54. The van der Waals surface area contributed by atoms with Gasteiger partial charge in [0, 0.05) is 10.9 Å². The fourth-order valence-corrected chi connectivity index (χ4v) is 2.35. The highest BCUT2D eigenvalue weighted by molar-refractivity contribution is 8.93. The highest BCUT2D eigenvalue weighted by atomic mass is 79.9. The van der Waals surface area contributed by atoms with E-state index in [1.807, 2.05) is 11.4 Å². The van der Waals surface area contributed by atoms with Crippen molar-refractivity contribution in [3.8, 4) is 17.0 Å². The number of ether oxygens (including phenoxy) is 1. The molecule has 0 atom stereocenters. The molecule has 1 heterocycles. The van der Waals surface area contributed by atoms with Crippen molar-refractivity contribution < 1.29 is 4.74 Å². The lowest BCUT2D eigenvalue weighted by molar-refractivity contribution is 0.415.